The Kier molecular flexibility index (Phi) is 8.21. The second kappa shape index (κ2) is 11.1. The van der Waals surface area contributed by atoms with Crippen LogP contribution in [0.3, 0.4) is 0 Å². The Balaban J connectivity index is 1.69. The second-order valence-electron chi connectivity index (χ2n) is 9.23. The largest absolute Gasteiger partial charge is 0.465 e. The van der Waals surface area contributed by atoms with E-state index in [0.29, 0.717) is 23.3 Å². The molecule has 0 aliphatic carbocycles. The maximum Gasteiger partial charge on any atom is 0.326 e. The van der Waals surface area contributed by atoms with Crippen molar-refractivity contribution in [1.82, 2.24) is 8.87 Å². The summed E-state index contributed by atoms with van der Waals surface area (Å²) in [6, 6.07) is 10.1. The summed E-state index contributed by atoms with van der Waals surface area (Å²) >= 11 is 1.06. The number of carbonyl (C=O) groups excluding carboxylic acids is 2. The van der Waals surface area contributed by atoms with Crippen LogP contribution in [0.4, 0.5) is 0 Å². The number of fused-ring (bicyclic) bond motifs is 1. The van der Waals surface area contributed by atoms with Gasteiger partial charge >= 0.3 is 5.97 Å². The lowest BCUT2D eigenvalue weighted by atomic mass is 10.0. The Morgan fingerprint density at radius 1 is 1.08 bits per heavy atom. The Morgan fingerprint density at radius 3 is 2.39 bits per heavy atom. The molecule has 4 rings (SSSR count). The first-order valence-electron chi connectivity index (χ1n) is 12.1. The zero-order chi connectivity index (χ0) is 27.7. The van der Waals surface area contributed by atoms with Gasteiger partial charge in [0.1, 0.15) is 6.54 Å². The fourth-order valence-electron chi connectivity index (χ4n) is 4.29. The number of sulfonamides is 1. The van der Waals surface area contributed by atoms with E-state index < -0.39 is 31.7 Å². The van der Waals surface area contributed by atoms with Crippen LogP contribution in [0.1, 0.15) is 37.0 Å². The number of carbonyl (C=O) groups is 2. The molecule has 1 amide bonds. The van der Waals surface area contributed by atoms with Gasteiger partial charge in [-0.1, -0.05) is 18.3 Å². The van der Waals surface area contributed by atoms with Crippen molar-refractivity contribution in [2.75, 3.05) is 26.0 Å². The van der Waals surface area contributed by atoms with Crippen LogP contribution in [0.2, 0.25) is 0 Å². The van der Waals surface area contributed by atoms with Gasteiger partial charge in [-0.05, 0) is 68.1 Å². The predicted octanol–water partition coefficient (Wildman–Crippen LogP) is 2.83. The van der Waals surface area contributed by atoms with E-state index in [1.54, 1.807) is 13.0 Å². The Bertz CT molecular complexity index is 1650. The molecule has 2 aromatic carbocycles. The number of nitrogens with zero attached hydrogens (tertiary/aromatic N) is 3. The highest BCUT2D eigenvalue weighted by Gasteiger charge is 2.28. The normalized spacial score (nSPS) is 17.6. The summed E-state index contributed by atoms with van der Waals surface area (Å²) in [6.07, 6.45) is 2.89. The Labute approximate surface area is 225 Å². The number of rotatable bonds is 7. The zero-order valence-corrected chi connectivity index (χ0v) is 23.7. The lowest BCUT2D eigenvalue weighted by Gasteiger charge is -2.30. The Hall–Kier alpha value is -2.87. The molecule has 13 heteroatoms. The fourth-order valence-corrected chi connectivity index (χ4v) is 7.68. The summed E-state index contributed by atoms with van der Waals surface area (Å²) in [7, 11) is -7.13. The lowest BCUT2D eigenvalue weighted by Crippen LogP contribution is -2.39. The molecule has 3 aromatic rings. The summed E-state index contributed by atoms with van der Waals surface area (Å²) in [4.78, 5) is 29.9. The summed E-state index contributed by atoms with van der Waals surface area (Å²) < 4.78 is 58.6. The van der Waals surface area contributed by atoms with Crippen LogP contribution in [-0.4, -0.2) is 63.5 Å². The highest BCUT2D eigenvalue weighted by atomic mass is 32.2. The van der Waals surface area contributed by atoms with Crippen molar-refractivity contribution in [3.05, 3.63) is 52.8 Å². The van der Waals surface area contributed by atoms with Gasteiger partial charge in [-0.2, -0.15) is 9.30 Å². The second-order valence-corrected chi connectivity index (χ2v) is 14.2. The van der Waals surface area contributed by atoms with Crippen LogP contribution in [0.5, 0.6) is 0 Å². The average molecular weight is 580 g/mol. The van der Waals surface area contributed by atoms with Crippen molar-refractivity contribution < 1.29 is 31.2 Å². The van der Waals surface area contributed by atoms with Gasteiger partial charge in [-0.25, -0.2) is 16.8 Å². The third-order valence-electron chi connectivity index (χ3n) is 6.23. The quantitative estimate of drug-likeness (QED) is 0.393. The third kappa shape index (κ3) is 6.06. The van der Waals surface area contributed by atoms with Gasteiger partial charge in [0.2, 0.25) is 10.0 Å². The van der Waals surface area contributed by atoms with E-state index in [4.69, 9.17) is 4.74 Å². The highest BCUT2D eigenvalue weighted by Crippen LogP contribution is 2.24. The minimum absolute atomic E-state index is 0.104. The SMILES string of the molecule is CCOC(=O)Cn1c(=NC(=O)c2ccc(S(=O)(=O)N3CCCC(C)C3)cc2)sc2cc(S(C)(=O)=O)ccc21. The van der Waals surface area contributed by atoms with Crippen molar-refractivity contribution in [2.24, 2.45) is 10.9 Å². The molecule has 204 valence electrons. The minimum Gasteiger partial charge on any atom is -0.465 e. The van der Waals surface area contributed by atoms with Crippen molar-refractivity contribution >= 4 is 53.3 Å². The van der Waals surface area contributed by atoms with Crippen LogP contribution in [-0.2, 0) is 35.9 Å². The molecule has 1 atom stereocenters. The van der Waals surface area contributed by atoms with Crippen LogP contribution in [0.15, 0.2) is 57.2 Å². The number of benzene rings is 2. The highest BCUT2D eigenvalue weighted by molar-refractivity contribution is 7.90. The number of sulfone groups is 1. The number of amides is 1. The first-order chi connectivity index (χ1) is 17.9. The number of hydrogen-bond acceptors (Lipinski definition) is 8. The van der Waals surface area contributed by atoms with Gasteiger partial charge in [-0.15, -0.1) is 0 Å². The average Bonchev–Trinajstić information content (AvgIpc) is 3.19. The van der Waals surface area contributed by atoms with Crippen molar-refractivity contribution in [3.8, 4) is 0 Å². The van der Waals surface area contributed by atoms with E-state index in [-0.39, 0.29) is 39.2 Å². The first-order valence-corrected chi connectivity index (χ1v) is 16.2. The van der Waals surface area contributed by atoms with Gasteiger partial charge in [0.25, 0.3) is 5.91 Å². The molecule has 0 N–H and O–H groups in total. The van der Waals surface area contributed by atoms with Crippen LogP contribution >= 0.6 is 11.3 Å². The maximum atomic E-state index is 13.0. The van der Waals surface area contributed by atoms with Crippen LogP contribution in [0.25, 0.3) is 10.2 Å². The summed E-state index contributed by atoms with van der Waals surface area (Å²) in [5.41, 5.74) is 0.701. The molecule has 1 aromatic heterocycles. The molecule has 38 heavy (non-hydrogen) atoms. The van der Waals surface area contributed by atoms with Gasteiger partial charge in [0.05, 0.1) is 26.6 Å². The van der Waals surface area contributed by atoms with E-state index in [1.165, 1.54) is 45.3 Å². The molecule has 0 saturated carbocycles. The summed E-state index contributed by atoms with van der Waals surface area (Å²) in [5.74, 6) is -0.878. The number of esters is 1. The van der Waals surface area contributed by atoms with Crippen molar-refractivity contribution in [1.29, 1.82) is 0 Å². The molecule has 0 bridgehead atoms. The molecule has 0 radical (unpaired) electrons. The van der Waals surface area contributed by atoms with Crippen LogP contribution in [0, 0.1) is 5.92 Å². The van der Waals surface area contributed by atoms with Gasteiger partial charge < -0.3 is 9.30 Å². The standard InChI is InChI=1S/C25H29N3O7S3/c1-4-35-23(29)16-28-21-12-11-20(37(3,31)32)14-22(21)36-25(28)26-24(30)18-7-9-19(10-8-18)38(33,34)27-13-5-6-17(2)15-27/h7-12,14,17H,4-6,13,15-16H2,1-3H3. The molecule has 2 heterocycles. The fraction of sp³-hybridized carbons (Fsp3) is 0.400. The van der Waals surface area contributed by atoms with Gasteiger partial charge in [0.15, 0.2) is 14.6 Å². The minimum atomic E-state index is -3.67. The molecule has 1 unspecified atom stereocenters. The van der Waals surface area contributed by atoms with E-state index in [9.17, 15) is 26.4 Å². The number of thiazole rings is 1. The third-order valence-corrected chi connectivity index (χ3v) is 10.3. The van der Waals surface area contributed by atoms with E-state index in [0.717, 1.165) is 30.4 Å². The Morgan fingerprint density at radius 2 is 1.76 bits per heavy atom. The van der Waals surface area contributed by atoms with Gasteiger partial charge in [-0.3, -0.25) is 9.59 Å². The van der Waals surface area contributed by atoms with Gasteiger partial charge in [0, 0.05) is 24.9 Å². The molecule has 1 aliphatic heterocycles. The number of piperidine rings is 1. The molecule has 1 aliphatic rings. The van der Waals surface area contributed by atoms with E-state index >= 15 is 0 Å². The van der Waals surface area contributed by atoms with E-state index in [2.05, 4.69) is 4.99 Å². The van der Waals surface area contributed by atoms with Crippen LogP contribution < -0.4 is 4.80 Å². The van der Waals surface area contributed by atoms with E-state index in [1.807, 2.05) is 6.92 Å². The molecular weight excluding hydrogens is 550 g/mol. The first kappa shape index (κ1) is 28.1. The molecule has 1 saturated heterocycles. The maximum absolute atomic E-state index is 13.0. The smallest absolute Gasteiger partial charge is 0.326 e. The monoisotopic (exact) mass is 579 g/mol. The molecule has 10 nitrogen and oxygen atoms in total. The molecular formula is C25H29N3O7S3. The predicted molar refractivity (Wildman–Crippen MR) is 143 cm³/mol. The number of ether oxygens (including phenoxy) is 1. The summed E-state index contributed by atoms with van der Waals surface area (Å²) in [6.45, 7) is 4.59. The summed E-state index contributed by atoms with van der Waals surface area (Å²) in [5, 5.41) is 0. The number of hydrogen-bond donors (Lipinski definition) is 0. The zero-order valence-electron chi connectivity index (χ0n) is 21.3. The van der Waals surface area contributed by atoms with Crippen molar-refractivity contribution in [2.45, 2.75) is 43.0 Å². The lowest BCUT2D eigenvalue weighted by molar-refractivity contribution is -0.143. The molecule has 1 fully saturated rings. The van der Waals surface area contributed by atoms with Crippen molar-refractivity contribution in [3.63, 3.8) is 0 Å². The molecule has 0 spiro atoms. The number of aromatic nitrogens is 1. The topological polar surface area (TPSA) is 132 Å².